The van der Waals surface area contributed by atoms with E-state index in [4.69, 9.17) is 17.3 Å². The lowest BCUT2D eigenvalue weighted by molar-refractivity contribution is 0.777. The predicted octanol–water partition coefficient (Wildman–Crippen LogP) is 0.704. The number of nitrogen functional groups attached to an aromatic ring is 1. The summed E-state index contributed by atoms with van der Waals surface area (Å²) in [6, 6.07) is 0. The third kappa shape index (κ3) is 1.36. The summed E-state index contributed by atoms with van der Waals surface area (Å²) in [5.74, 6) is 1.23. The number of aryl methyl sites for hydroxylation is 1. The number of hydrogen-bond donors (Lipinski definition) is 1. The number of imidazole rings is 1. The smallest absolute Gasteiger partial charge is 0.123 e. The molecule has 0 atom stereocenters. The SMILES string of the molecule is Nc1cncn1CCCl. The highest BCUT2D eigenvalue weighted by Gasteiger charge is 1.92. The van der Waals surface area contributed by atoms with Crippen LogP contribution in [-0.4, -0.2) is 15.4 Å². The molecule has 0 saturated carbocycles. The molecule has 0 fully saturated rings. The zero-order chi connectivity index (χ0) is 6.69. The molecule has 0 spiro atoms. The van der Waals surface area contributed by atoms with Gasteiger partial charge in [-0.25, -0.2) is 4.98 Å². The molecule has 1 aromatic rings. The van der Waals surface area contributed by atoms with Crippen molar-refractivity contribution in [3.63, 3.8) is 0 Å². The number of alkyl halides is 1. The summed E-state index contributed by atoms with van der Waals surface area (Å²) in [6.07, 6.45) is 3.27. The van der Waals surface area contributed by atoms with E-state index < -0.39 is 0 Å². The average molecular weight is 146 g/mol. The van der Waals surface area contributed by atoms with E-state index in [1.807, 2.05) is 0 Å². The predicted molar refractivity (Wildman–Crippen MR) is 37.4 cm³/mol. The Morgan fingerprint density at radius 3 is 3.00 bits per heavy atom. The fraction of sp³-hybridized carbons (Fsp3) is 0.400. The summed E-state index contributed by atoms with van der Waals surface area (Å²) < 4.78 is 1.80. The minimum absolute atomic E-state index is 0.570. The summed E-state index contributed by atoms with van der Waals surface area (Å²) >= 11 is 5.46. The van der Waals surface area contributed by atoms with Crippen LogP contribution >= 0.6 is 11.6 Å². The molecule has 0 unspecified atom stereocenters. The van der Waals surface area contributed by atoms with Gasteiger partial charge in [0.15, 0.2) is 0 Å². The highest BCUT2D eigenvalue weighted by Crippen LogP contribution is 1.99. The second-order valence-corrected chi connectivity index (χ2v) is 2.08. The first-order valence-corrected chi connectivity index (χ1v) is 3.19. The second kappa shape index (κ2) is 2.73. The lowest BCUT2D eigenvalue weighted by atomic mass is 10.7. The number of nitrogens with zero attached hydrogens (tertiary/aromatic N) is 2. The molecular weight excluding hydrogens is 138 g/mol. The number of rotatable bonds is 2. The summed E-state index contributed by atoms with van der Waals surface area (Å²) in [5.41, 5.74) is 5.47. The van der Waals surface area contributed by atoms with Gasteiger partial charge in [-0.1, -0.05) is 0 Å². The maximum Gasteiger partial charge on any atom is 0.123 e. The summed E-state index contributed by atoms with van der Waals surface area (Å²) in [5, 5.41) is 0. The van der Waals surface area contributed by atoms with Gasteiger partial charge in [0.05, 0.1) is 12.5 Å². The van der Waals surface area contributed by atoms with E-state index >= 15 is 0 Å². The first kappa shape index (κ1) is 6.42. The fourth-order valence-corrected chi connectivity index (χ4v) is 0.791. The number of nitrogens with two attached hydrogens (primary N) is 1. The van der Waals surface area contributed by atoms with Gasteiger partial charge in [-0.05, 0) is 0 Å². The van der Waals surface area contributed by atoms with Crippen molar-refractivity contribution in [2.24, 2.45) is 0 Å². The van der Waals surface area contributed by atoms with Gasteiger partial charge in [-0.3, -0.25) is 0 Å². The fourth-order valence-electron chi connectivity index (χ4n) is 0.609. The Morgan fingerprint density at radius 1 is 1.78 bits per heavy atom. The number of aromatic nitrogens is 2. The van der Waals surface area contributed by atoms with Crippen molar-refractivity contribution in [3.05, 3.63) is 12.5 Å². The van der Waals surface area contributed by atoms with E-state index in [0.29, 0.717) is 11.7 Å². The van der Waals surface area contributed by atoms with Crippen molar-refractivity contribution in [3.8, 4) is 0 Å². The molecule has 0 aliphatic rings. The molecule has 0 radical (unpaired) electrons. The molecule has 1 rings (SSSR count). The van der Waals surface area contributed by atoms with E-state index in [2.05, 4.69) is 4.98 Å². The minimum Gasteiger partial charge on any atom is -0.384 e. The second-order valence-electron chi connectivity index (χ2n) is 1.70. The zero-order valence-corrected chi connectivity index (χ0v) is 5.67. The molecule has 0 aliphatic carbocycles. The molecule has 0 saturated heterocycles. The zero-order valence-electron chi connectivity index (χ0n) is 4.92. The third-order valence-corrected chi connectivity index (χ3v) is 1.24. The molecule has 3 nitrogen and oxygen atoms in total. The molecule has 1 heterocycles. The molecule has 2 N–H and O–H groups in total. The first-order chi connectivity index (χ1) is 4.34. The van der Waals surface area contributed by atoms with Gasteiger partial charge in [0.25, 0.3) is 0 Å². The van der Waals surface area contributed by atoms with E-state index in [-0.39, 0.29) is 0 Å². The van der Waals surface area contributed by atoms with Gasteiger partial charge < -0.3 is 10.3 Å². The minimum atomic E-state index is 0.570. The van der Waals surface area contributed by atoms with Crippen LogP contribution in [0, 0.1) is 0 Å². The number of hydrogen-bond acceptors (Lipinski definition) is 2. The average Bonchev–Trinajstić information content (AvgIpc) is 2.18. The van der Waals surface area contributed by atoms with E-state index in [1.54, 1.807) is 17.1 Å². The Balaban J connectivity index is 2.69. The van der Waals surface area contributed by atoms with Crippen LogP contribution in [0.5, 0.6) is 0 Å². The lowest BCUT2D eigenvalue weighted by Gasteiger charge is -1.98. The summed E-state index contributed by atoms with van der Waals surface area (Å²) in [6.45, 7) is 0.730. The Morgan fingerprint density at radius 2 is 2.56 bits per heavy atom. The largest absolute Gasteiger partial charge is 0.384 e. The van der Waals surface area contributed by atoms with Crippen molar-refractivity contribution in [1.82, 2.24) is 9.55 Å². The Kier molecular flexibility index (Phi) is 1.95. The highest BCUT2D eigenvalue weighted by atomic mass is 35.5. The van der Waals surface area contributed by atoms with Gasteiger partial charge in [0, 0.05) is 12.4 Å². The van der Waals surface area contributed by atoms with Crippen molar-refractivity contribution in [1.29, 1.82) is 0 Å². The normalized spacial score (nSPS) is 9.89. The standard InChI is InChI=1S/C5H8ClN3/c6-1-2-9-4-8-3-5(9)7/h3-4H,1-2,7H2. The molecule has 0 amide bonds. The molecule has 9 heavy (non-hydrogen) atoms. The number of halogens is 1. The van der Waals surface area contributed by atoms with Crippen LogP contribution in [0.3, 0.4) is 0 Å². The first-order valence-electron chi connectivity index (χ1n) is 2.66. The van der Waals surface area contributed by atoms with Crippen LogP contribution in [0.2, 0.25) is 0 Å². The molecule has 0 aromatic carbocycles. The highest BCUT2D eigenvalue weighted by molar-refractivity contribution is 6.17. The van der Waals surface area contributed by atoms with Crippen LogP contribution in [0.15, 0.2) is 12.5 Å². The maximum atomic E-state index is 5.47. The van der Waals surface area contributed by atoms with Crippen molar-refractivity contribution in [2.45, 2.75) is 6.54 Å². The van der Waals surface area contributed by atoms with Crippen LogP contribution in [0.25, 0.3) is 0 Å². The molecule has 50 valence electrons. The summed E-state index contributed by atoms with van der Waals surface area (Å²) in [7, 11) is 0. The van der Waals surface area contributed by atoms with Crippen LogP contribution in [-0.2, 0) is 6.54 Å². The van der Waals surface area contributed by atoms with Crippen LogP contribution < -0.4 is 5.73 Å². The van der Waals surface area contributed by atoms with Crippen LogP contribution in [0.1, 0.15) is 0 Å². The van der Waals surface area contributed by atoms with Gasteiger partial charge in [0.2, 0.25) is 0 Å². The lowest BCUT2D eigenvalue weighted by Crippen LogP contribution is -2.01. The Bertz CT molecular complexity index is 184. The molecule has 0 bridgehead atoms. The quantitative estimate of drug-likeness (QED) is 0.623. The van der Waals surface area contributed by atoms with Crippen LogP contribution in [0.4, 0.5) is 5.82 Å². The van der Waals surface area contributed by atoms with Gasteiger partial charge in [-0.2, -0.15) is 0 Å². The maximum absolute atomic E-state index is 5.47. The van der Waals surface area contributed by atoms with Gasteiger partial charge >= 0.3 is 0 Å². The van der Waals surface area contributed by atoms with Crippen molar-refractivity contribution in [2.75, 3.05) is 11.6 Å². The third-order valence-electron chi connectivity index (χ3n) is 1.07. The van der Waals surface area contributed by atoms with E-state index in [1.165, 1.54) is 0 Å². The van der Waals surface area contributed by atoms with E-state index in [0.717, 1.165) is 6.54 Å². The summed E-state index contributed by atoms with van der Waals surface area (Å²) in [4.78, 5) is 3.82. The van der Waals surface area contributed by atoms with Crippen molar-refractivity contribution >= 4 is 17.4 Å². The van der Waals surface area contributed by atoms with Gasteiger partial charge in [0.1, 0.15) is 5.82 Å². The Labute approximate surface area is 58.4 Å². The monoisotopic (exact) mass is 145 g/mol. The molecular formula is C5H8ClN3. The number of anilines is 1. The molecule has 0 aliphatic heterocycles. The molecule has 1 aromatic heterocycles. The van der Waals surface area contributed by atoms with Gasteiger partial charge in [-0.15, -0.1) is 11.6 Å². The Hall–Kier alpha value is -0.700. The van der Waals surface area contributed by atoms with E-state index in [9.17, 15) is 0 Å². The topological polar surface area (TPSA) is 43.8 Å². The van der Waals surface area contributed by atoms with Crippen molar-refractivity contribution < 1.29 is 0 Å². The molecule has 4 heteroatoms.